The van der Waals surface area contributed by atoms with Crippen molar-refractivity contribution in [2.45, 2.75) is 39.3 Å². The van der Waals surface area contributed by atoms with Crippen molar-refractivity contribution in [3.05, 3.63) is 16.4 Å². The Hall–Kier alpha value is -0.463. The van der Waals surface area contributed by atoms with Gasteiger partial charge in [0.1, 0.15) is 11.3 Å². The molecule has 0 atom stereocenters. The number of nitrogens with zero attached hydrogens (tertiary/aromatic N) is 2. The van der Waals surface area contributed by atoms with Crippen molar-refractivity contribution in [3.63, 3.8) is 0 Å². The van der Waals surface area contributed by atoms with Gasteiger partial charge in [-0.25, -0.2) is 4.68 Å². The third kappa shape index (κ3) is 5.14. The second kappa shape index (κ2) is 5.93. The van der Waals surface area contributed by atoms with Crippen LogP contribution in [-0.4, -0.2) is 30.2 Å². The summed E-state index contributed by atoms with van der Waals surface area (Å²) in [6.07, 6.45) is 1.71. The molecule has 0 saturated heterocycles. The Labute approximate surface area is 111 Å². The number of rotatable bonds is 6. The molecule has 0 amide bonds. The Morgan fingerprint density at radius 2 is 2.18 bits per heavy atom. The van der Waals surface area contributed by atoms with Crippen molar-refractivity contribution in [1.29, 1.82) is 0 Å². The molecule has 6 heteroatoms. The molecule has 0 aromatic carbocycles. The van der Waals surface area contributed by atoms with Crippen LogP contribution in [0.5, 0.6) is 0 Å². The van der Waals surface area contributed by atoms with Crippen molar-refractivity contribution in [3.8, 4) is 0 Å². The summed E-state index contributed by atoms with van der Waals surface area (Å²) in [6, 6.07) is 1.13. The lowest BCUT2D eigenvalue weighted by Gasteiger charge is -2.15. The van der Waals surface area contributed by atoms with Gasteiger partial charge in [0.2, 0.25) is 0 Å². The van der Waals surface area contributed by atoms with Crippen LogP contribution in [0.3, 0.4) is 0 Å². The molecular formula is C11H19BrN2O2Si. The third-order valence-corrected chi connectivity index (χ3v) is 4.61. The summed E-state index contributed by atoms with van der Waals surface area (Å²) in [7, 11) is -1.04. The van der Waals surface area contributed by atoms with Gasteiger partial charge in [-0.05, 0) is 28.9 Å². The predicted molar refractivity (Wildman–Crippen MR) is 74.0 cm³/mol. The summed E-state index contributed by atoms with van der Waals surface area (Å²) in [5.74, 6) is 0.00484. The van der Waals surface area contributed by atoms with Gasteiger partial charge in [-0.2, -0.15) is 5.10 Å². The Balaban J connectivity index is 2.43. The van der Waals surface area contributed by atoms with E-state index in [9.17, 15) is 4.79 Å². The summed E-state index contributed by atoms with van der Waals surface area (Å²) in [5.41, 5.74) is 0.596. The van der Waals surface area contributed by atoms with E-state index in [2.05, 4.69) is 40.7 Å². The molecule has 0 unspecified atom stereocenters. The van der Waals surface area contributed by atoms with Crippen LogP contribution in [0.1, 0.15) is 17.3 Å². The lowest BCUT2D eigenvalue weighted by atomic mass is 10.3. The zero-order chi connectivity index (χ0) is 13.1. The van der Waals surface area contributed by atoms with E-state index in [0.717, 1.165) is 12.7 Å². The molecule has 0 aliphatic heterocycles. The lowest BCUT2D eigenvalue weighted by molar-refractivity contribution is 0.0783. The van der Waals surface area contributed by atoms with Gasteiger partial charge in [0.05, 0.1) is 5.56 Å². The summed E-state index contributed by atoms with van der Waals surface area (Å²) in [5, 5.41) is 4.16. The number of halogens is 1. The maximum Gasteiger partial charge on any atom is 0.164 e. The zero-order valence-corrected chi connectivity index (χ0v) is 13.4. The zero-order valence-electron chi connectivity index (χ0n) is 10.8. The normalized spacial score (nSPS) is 11.8. The molecular weight excluding hydrogens is 300 g/mol. The number of carbonyl (C=O) groups excluding carboxylic acids is 1. The molecule has 96 valence electrons. The van der Waals surface area contributed by atoms with E-state index in [1.54, 1.807) is 10.9 Å². The van der Waals surface area contributed by atoms with Crippen molar-refractivity contribution >= 4 is 29.8 Å². The van der Waals surface area contributed by atoms with Gasteiger partial charge >= 0.3 is 0 Å². The van der Waals surface area contributed by atoms with Crippen LogP contribution in [0.15, 0.2) is 10.8 Å². The summed E-state index contributed by atoms with van der Waals surface area (Å²) < 4.78 is 7.77. The highest BCUT2D eigenvalue weighted by Crippen LogP contribution is 2.15. The molecule has 1 heterocycles. The Morgan fingerprint density at radius 1 is 1.53 bits per heavy atom. The smallest absolute Gasteiger partial charge is 0.164 e. The molecule has 0 aliphatic carbocycles. The highest BCUT2D eigenvalue weighted by molar-refractivity contribution is 9.10. The monoisotopic (exact) mass is 318 g/mol. The van der Waals surface area contributed by atoms with Crippen molar-refractivity contribution < 1.29 is 9.53 Å². The minimum absolute atomic E-state index is 0.00484. The molecule has 1 aromatic rings. The number of carbonyl (C=O) groups is 1. The van der Waals surface area contributed by atoms with Gasteiger partial charge in [0.25, 0.3) is 0 Å². The Kier molecular flexibility index (Phi) is 5.09. The van der Waals surface area contributed by atoms with Crippen LogP contribution in [0.2, 0.25) is 25.7 Å². The van der Waals surface area contributed by atoms with E-state index in [1.165, 1.54) is 6.92 Å². The second-order valence-electron chi connectivity index (χ2n) is 5.28. The van der Waals surface area contributed by atoms with Crippen molar-refractivity contribution in [1.82, 2.24) is 9.78 Å². The average Bonchev–Trinajstić information content (AvgIpc) is 2.53. The van der Waals surface area contributed by atoms with Crippen molar-refractivity contribution in [2.24, 2.45) is 0 Å². The fraction of sp³-hybridized carbons (Fsp3) is 0.636. The van der Waals surface area contributed by atoms with E-state index in [1.807, 2.05) is 0 Å². The fourth-order valence-electron chi connectivity index (χ4n) is 1.24. The quantitative estimate of drug-likeness (QED) is 0.459. The van der Waals surface area contributed by atoms with Crippen LogP contribution in [-0.2, 0) is 11.5 Å². The first-order chi connectivity index (χ1) is 7.79. The number of ether oxygens (including phenoxy) is 1. The number of Topliss-reactive ketones (excluding diaryl/α,β-unsaturated/α-hetero) is 1. The standard InChI is InChI=1S/C11H19BrN2O2Si/c1-9(15)10-7-14(13-11(10)12)8-16-5-6-17(2,3)4/h7H,5-6,8H2,1-4H3. The molecule has 0 N–H and O–H groups in total. The van der Waals surface area contributed by atoms with E-state index < -0.39 is 8.07 Å². The van der Waals surface area contributed by atoms with Gasteiger partial charge in [-0.15, -0.1) is 0 Å². The van der Waals surface area contributed by atoms with E-state index in [0.29, 0.717) is 16.9 Å². The van der Waals surface area contributed by atoms with E-state index in [4.69, 9.17) is 4.74 Å². The van der Waals surface area contributed by atoms with Crippen molar-refractivity contribution in [2.75, 3.05) is 6.61 Å². The summed E-state index contributed by atoms with van der Waals surface area (Å²) in [4.78, 5) is 11.2. The average molecular weight is 319 g/mol. The van der Waals surface area contributed by atoms with Gasteiger partial charge in [-0.1, -0.05) is 19.6 Å². The van der Waals surface area contributed by atoms with E-state index in [-0.39, 0.29) is 5.78 Å². The second-order valence-corrected chi connectivity index (χ2v) is 11.6. The number of hydrogen-bond donors (Lipinski definition) is 0. The molecule has 1 aromatic heterocycles. The molecule has 0 fully saturated rings. The number of hydrogen-bond acceptors (Lipinski definition) is 3. The van der Waals surface area contributed by atoms with Crippen LogP contribution >= 0.6 is 15.9 Å². The third-order valence-electron chi connectivity index (χ3n) is 2.32. The fourth-order valence-corrected chi connectivity index (χ4v) is 2.58. The van der Waals surface area contributed by atoms with Crippen LogP contribution in [0, 0.1) is 0 Å². The molecule has 0 bridgehead atoms. The minimum Gasteiger partial charge on any atom is -0.360 e. The first-order valence-corrected chi connectivity index (χ1v) is 10.1. The molecule has 0 aliphatic rings. The first-order valence-electron chi connectivity index (χ1n) is 5.61. The van der Waals surface area contributed by atoms with Gasteiger partial charge in [-0.3, -0.25) is 4.79 Å². The molecule has 0 saturated carbocycles. The van der Waals surface area contributed by atoms with Gasteiger partial charge in [0, 0.05) is 20.9 Å². The van der Waals surface area contributed by atoms with Crippen LogP contribution < -0.4 is 0 Å². The SMILES string of the molecule is CC(=O)c1cn(COCC[Si](C)(C)C)nc1Br. The molecule has 0 radical (unpaired) electrons. The van der Waals surface area contributed by atoms with Crippen LogP contribution in [0.4, 0.5) is 0 Å². The molecule has 17 heavy (non-hydrogen) atoms. The maximum absolute atomic E-state index is 11.2. The topological polar surface area (TPSA) is 44.1 Å². The number of ketones is 1. The predicted octanol–water partition coefficient (Wildman–Crippen LogP) is 3.16. The maximum atomic E-state index is 11.2. The number of aromatic nitrogens is 2. The van der Waals surface area contributed by atoms with E-state index >= 15 is 0 Å². The largest absolute Gasteiger partial charge is 0.360 e. The first kappa shape index (κ1) is 14.6. The lowest BCUT2D eigenvalue weighted by Crippen LogP contribution is -2.22. The highest BCUT2D eigenvalue weighted by atomic mass is 79.9. The molecule has 4 nitrogen and oxygen atoms in total. The van der Waals surface area contributed by atoms with Gasteiger partial charge in [0.15, 0.2) is 5.78 Å². The minimum atomic E-state index is -1.04. The summed E-state index contributed by atoms with van der Waals surface area (Å²) in [6.45, 7) is 9.62. The van der Waals surface area contributed by atoms with Gasteiger partial charge < -0.3 is 4.74 Å². The highest BCUT2D eigenvalue weighted by Gasteiger charge is 2.13. The van der Waals surface area contributed by atoms with Crippen LogP contribution in [0.25, 0.3) is 0 Å². The summed E-state index contributed by atoms with van der Waals surface area (Å²) >= 11 is 3.26. The Morgan fingerprint density at radius 3 is 2.65 bits per heavy atom. The molecule has 0 spiro atoms. The Bertz CT molecular complexity index is 399. The molecule has 1 rings (SSSR count).